The van der Waals surface area contributed by atoms with Gasteiger partial charge in [0.2, 0.25) is 15.9 Å². The maximum atomic E-state index is 12.8. The highest BCUT2D eigenvalue weighted by molar-refractivity contribution is 7.89. The van der Waals surface area contributed by atoms with E-state index in [0.29, 0.717) is 6.04 Å². The Morgan fingerprint density at radius 3 is 2.50 bits per heavy atom. The van der Waals surface area contributed by atoms with E-state index >= 15 is 0 Å². The molecule has 2 aliphatic heterocycles. The fourth-order valence-electron chi connectivity index (χ4n) is 3.80. The highest BCUT2D eigenvalue weighted by Crippen LogP contribution is 2.22. The summed E-state index contributed by atoms with van der Waals surface area (Å²) in [6.45, 7) is 7.41. The maximum absolute atomic E-state index is 12.8. The monoisotopic (exact) mass is 379 g/mol. The highest BCUT2D eigenvalue weighted by Gasteiger charge is 2.33. The van der Waals surface area contributed by atoms with Crippen molar-refractivity contribution in [3.63, 3.8) is 0 Å². The van der Waals surface area contributed by atoms with E-state index in [9.17, 15) is 13.2 Å². The zero-order valence-corrected chi connectivity index (χ0v) is 16.8. The summed E-state index contributed by atoms with van der Waals surface area (Å²) in [4.78, 5) is 17.1. The molecule has 1 atom stereocenters. The Morgan fingerprint density at radius 2 is 1.85 bits per heavy atom. The lowest BCUT2D eigenvalue weighted by Crippen LogP contribution is -2.42. The number of hydrogen-bond donors (Lipinski definition) is 0. The number of nitrogens with zero attached hydrogens (tertiary/aromatic N) is 3. The molecule has 7 heteroatoms. The third-order valence-corrected chi connectivity index (χ3v) is 7.52. The Bertz CT molecular complexity index is 772. The number of likely N-dealkylation sites (N-methyl/N-ethyl adjacent to an activating group) is 1. The molecular formula is C19H29N3O3S. The summed E-state index contributed by atoms with van der Waals surface area (Å²) in [5, 5.41) is 0. The minimum atomic E-state index is -3.66. The van der Waals surface area contributed by atoms with Crippen molar-refractivity contribution in [2.45, 2.75) is 44.0 Å². The third kappa shape index (κ3) is 3.94. The number of sulfonamides is 1. The van der Waals surface area contributed by atoms with Crippen molar-refractivity contribution in [3.05, 3.63) is 29.3 Å². The summed E-state index contributed by atoms with van der Waals surface area (Å²) in [6, 6.07) is 5.52. The van der Waals surface area contributed by atoms with Crippen LogP contribution in [0.15, 0.2) is 23.1 Å². The zero-order chi connectivity index (χ0) is 18.9. The first-order valence-electron chi connectivity index (χ1n) is 9.34. The number of carbonyl (C=O) groups excluding carboxylic acids is 1. The third-order valence-electron chi connectivity index (χ3n) is 5.72. The van der Waals surface area contributed by atoms with Gasteiger partial charge in [0.15, 0.2) is 0 Å². The summed E-state index contributed by atoms with van der Waals surface area (Å²) in [7, 11) is -2.17. The number of rotatable bonds is 5. The molecule has 0 N–H and O–H groups in total. The largest absolute Gasteiger partial charge is 0.340 e. The average Bonchev–Trinajstić information content (AvgIpc) is 3.28. The first-order valence-corrected chi connectivity index (χ1v) is 10.8. The van der Waals surface area contributed by atoms with Gasteiger partial charge in [-0.15, -0.1) is 0 Å². The second-order valence-electron chi connectivity index (χ2n) is 7.53. The molecule has 26 heavy (non-hydrogen) atoms. The van der Waals surface area contributed by atoms with Gasteiger partial charge in [-0.25, -0.2) is 8.42 Å². The molecule has 1 aromatic carbocycles. The highest BCUT2D eigenvalue weighted by atomic mass is 32.2. The number of amides is 1. The predicted octanol–water partition coefficient (Wildman–Crippen LogP) is 1.62. The topological polar surface area (TPSA) is 60.9 Å². The molecular weight excluding hydrogens is 350 g/mol. The van der Waals surface area contributed by atoms with Gasteiger partial charge in [0.1, 0.15) is 0 Å². The molecule has 1 unspecified atom stereocenters. The van der Waals surface area contributed by atoms with Crippen LogP contribution in [0.5, 0.6) is 0 Å². The number of likely N-dealkylation sites (tertiary alicyclic amines) is 2. The van der Waals surface area contributed by atoms with E-state index in [0.717, 1.165) is 43.7 Å². The van der Waals surface area contributed by atoms with Crippen LogP contribution in [0, 0.1) is 13.8 Å². The molecule has 2 heterocycles. The van der Waals surface area contributed by atoms with Crippen molar-refractivity contribution in [2.75, 3.05) is 39.8 Å². The molecule has 1 aromatic rings. The first kappa shape index (κ1) is 19.3. The Labute approximate surface area is 156 Å². The van der Waals surface area contributed by atoms with Crippen molar-refractivity contribution in [1.82, 2.24) is 14.1 Å². The first-order chi connectivity index (χ1) is 12.3. The molecule has 0 aliphatic carbocycles. The molecule has 2 fully saturated rings. The van der Waals surface area contributed by atoms with E-state index in [1.54, 1.807) is 18.2 Å². The molecule has 6 nitrogen and oxygen atoms in total. The van der Waals surface area contributed by atoms with Gasteiger partial charge in [0, 0.05) is 26.2 Å². The second kappa shape index (κ2) is 7.66. The Hall–Kier alpha value is -1.44. The van der Waals surface area contributed by atoms with Crippen LogP contribution in [0.1, 0.15) is 30.4 Å². The van der Waals surface area contributed by atoms with E-state index in [2.05, 4.69) is 4.90 Å². The number of carbonyl (C=O) groups is 1. The molecule has 0 spiro atoms. The van der Waals surface area contributed by atoms with Crippen LogP contribution in [0.3, 0.4) is 0 Å². The van der Waals surface area contributed by atoms with Crippen LogP contribution >= 0.6 is 0 Å². The van der Waals surface area contributed by atoms with Crippen LogP contribution in [-0.4, -0.2) is 74.2 Å². The van der Waals surface area contributed by atoms with E-state index in [4.69, 9.17) is 0 Å². The van der Waals surface area contributed by atoms with E-state index < -0.39 is 10.0 Å². The van der Waals surface area contributed by atoms with Crippen LogP contribution in [0.25, 0.3) is 0 Å². The van der Waals surface area contributed by atoms with Gasteiger partial charge in [-0.2, -0.15) is 4.31 Å². The Morgan fingerprint density at radius 1 is 1.15 bits per heavy atom. The lowest BCUT2D eigenvalue weighted by Gasteiger charge is -2.25. The molecule has 144 valence electrons. The van der Waals surface area contributed by atoms with Gasteiger partial charge < -0.3 is 4.90 Å². The number of benzene rings is 1. The lowest BCUT2D eigenvalue weighted by molar-refractivity contribution is -0.130. The minimum Gasteiger partial charge on any atom is -0.340 e. The molecule has 3 rings (SSSR count). The SMILES string of the molecule is Cc1ccc(S(=O)(=O)N(C)CC(=O)N2CCC(N3CCCC3)C2)cc1C. The standard InChI is InChI=1S/C19H29N3O3S/c1-15-6-7-18(12-16(15)2)26(24,25)20(3)14-19(23)22-11-8-17(13-22)21-9-4-5-10-21/h6-7,12,17H,4-5,8-11,13-14H2,1-3H3. The fraction of sp³-hybridized carbons (Fsp3) is 0.632. The molecule has 2 saturated heterocycles. The number of hydrogen-bond acceptors (Lipinski definition) is 4. The van der Waals surface area contributed by atoms with E-state index in [1.807, 2.05) is 18.7 Å². The van der Waals surface area contributed by atoms with Gasteiger partial charge >= 0.3 is 0 Å². The predicted molar refractivity (Wildman–Crippen MR) is 102 cm³/mol. The Kier molecular flexibility index (Phi) is 5.69. The van der Waals surface area contributed by atoms with Gasteiger partial charge in [-0.05, 0) is 69.5 Å². The number of aryl methyl sites for hydroxylation is 2. The van der Waals surface area contributed by atoms with Crippen molar-refractivity contribution in [1.29, 1.82) is 0 Å². The van der Waals surface area contributed by atoms with E-state index in [1.165, 1.54) is 24.2 Å². The summed E-state index contributed by atoms with van der Waals surface area (Å²) in [5.41, 5.74) is 1.98. The summed E-state index contributed by atoms with van der Waals surface area (Å²) >= 11 is 0. The molecule has 2 aliphatic rings. The van der Waals surface area contributed by atoms with Crippen molar-refractivity contribution in [3.8, 4) is 0 Å². The molecule has 0 bridgehead atoms. The fourth-order valence-corrected chi connectivity index (χ4v) is 5.01. The van der Waals surface area contributed by atoms with Gasteiger partial charge in [-0.1, -0.05) is 6.07 Å². The minimum absolute atomic E-state index is 0.109. The van der Waals surface area contributed by atoms with Crippen molar-refractivity contribution < 1.29 is 13.2 Å². The molecule has 0 saturated carbocycles. The maximum Gasteiger partial charge on any atom is 0.243 e. The van der Waals surface area contributed by atoms with Crippen LogP contribution in [-0.2, 0) is 14.8 Å². The average molecular weight is 380 g/mol. The van der Waals surface area contributed by atoms with Crippen LogP contribution in [0.4, 0.5) is 0 Å². The quantitative estimate of drug-likeness (QED) is 0.780. The van der Waals surface area contributed by atoms with Gasteiger partial charge in [0.05, 0.1) is 11.4 Å². The van der Waals surface area contributed by atoms with Crippen molar-refractivity contribution in [2.24, 2.45) is 0 Å². The summed E-state index contributed by atoms with van der Waals surface area (Å²) < 4.78 is 26.7. The van der Waals surface area contributed by atoms with Crippen molar-refractivity contribution >= 4 is 15.9 Å². The summed E-state index contributed by atoms with van der Waals surface area (Å²) in [6.07, 6.45) is 3.46. The summed E-state index contributed by atoms with van der Waals surface area (Å²) in [5.74, 6) is -0.110. The molecule has 1 amide bonds. The van der Waals surface area contributed by atoms with Crippen LogP contribution < -0.4 is 0 Å². The smallest absolute Gasteiger partial charge is 0.243 e. The Balaban J connectivity index is 1.62. The normalized spacial score (nSPS) is 21.7. The zero-order valence-electron chi connectivity index (χ0n) is 15.9. The van der Waals surface area contributed by atoms with E-state index in [-0.39, 0.29) is 17.3 Å². The van der Waals surface area contributed by atoms with Gasteiger partial charge in [-0.3, -0.25) is 9.69 Å². The molecule has 0 radical (unpaired) electrons. The second-order valence-corrected chi connectivity index (χ2v) is 9.58. The van der Waals surface area contributed by atoms with Crippen LogP contribution in [0.2, 0.25) is 0 Å². The van der Waals surface area contributed by atoms with Gasteiger partial charge in [0.25, 0.3) is 0 Å². The molecule has 0 aromatic heterocycles. The lowest BCUT2D eigenvalue weighted by atomic mass is 10.1.